The van der Waals surface area contributed by atoms with Gasteiger partial charge in [-0.3, -0.25) is 19.1 Å². The third kappa shape index (κ3) is 9.10. The molecule has 0 spiro atoms. The number of sulfonamides is 1. The van der Waals surface area contributed by atoms with Crippen LogP contribution < -0.4 is 24.8 Å². The van der Waals surface area contributed by atoms with E-state index in [1.165, 1.54) is 4.90 Å². The Bertz CT molecular complexity index is 2030. The van der Waals surface area contributed by atoms with Crippen molar-refractivity contribution >= 4 is 44.9 Å². The minimum atomic E-state index is -4.08. The molecule has 4 fully saturated rings. The number of alkyl halides is 2. The highest BCUT2D eigenvalue weighted by Crippen LogP contribution is 2.48. The van der Waals surface area contributed by atoms with Crippen molar-refractivity contribution in [2.75, 3.05) is 13.7 Å². The molecule has 3 heterocycles. The Morgan fingerprint density at radius 3 is 2.50 bits per heavy atom. The largest absolute Gasteiger partial charge is 0.497 e. The zero-order chi connectivity index (χ0) is 41.6. The molecule has 2 bridgehead atoms. The minimum Gasteiger partial charge on any atom is -0.497 e. The fraction of sp³-hybridized carbons (Fsp3) is 0.700. The number of amides is 4. The topological polar surface area (TPSA) is 195 Å². The second kappa shape index (κ2) is 16.4. The summed E-state index contributed by atoms with van der Waals surface area (Å²) in [6.45, 7) is 5.16. The zero-order valence-electron chi connectivity index (χ0n) is 33.4. The number of hydrogen-bond donors (Lipinski definition) is 3. The molecule has 1 saturated heterocycles. The Morgan fingerprint density at radius 2 is 1.79 bits per heavy atom. The van der Waals surface area contributed by atoms with E-state index in [-0.39, 0.29) is 37.3 Å². The molecule has 7 rings (SSSR count). The molecule has 0 radical (unpaired) electrons. The van der Waals surface area contributed by atoms with Gasteiger partial charge in [-0.05, 0) is 87.2 Å². The first kappa shape index (κ1) is 41.8. The third-order valence-corrected chi connectivity index (χ3v) is 14.1. The van der Waals surface area contributed by atoms with Gasteiger partial charge in [0.25, 0.3) is 5.91 Å². The summed E-state index contributed by atoms with van der Waals surface area (Å²) in [4.78, 5) is 67.3. The van der Waals surface area contributed by atoms with Crippen LogP contribution in [0.5, 0.6) is 11.6 Å². The van der Waals surface area contributed by atoms with Crippen LogP contribution in [0.3, 0.4) is 0 Å². The van der Waals surface area contributed by atoms with E-state index in [1.54, 1.807) is 40.0 Å². The van der Waals surface area contributed by atoms with Crippen LogP contribution in [0.1, 0.15) is 104 Å². The second-order valence-corrected chi connectivity index (χ2v) is 19.6. The number of hydrogen-bond acceptors (Lipinski definition) is 11. The Balaban J connectivity index is 1.23. The van der Waals surface area contributed by atoms with Gasteiger partial charge in [0.15, 0.2) is 0 Å². The number of aryl methyl sites for hydroxylation is 1. The number of aromatic nitrogens is 2. The number of carbonyl (C=O) groups excluding carboxylic acids is 4. The monoisotopic (exact) mass is 832 g/mol. The standard InChI is InChI=1S/C40H54F2N6O9S/c1-39(2,3)33-36(50)48-21-25(19-30(48)34(49)46-40(20-23(40)17-32(41)42)37(51)47-58(53,54)26-14-15-26)56-35-28(43-27-16-13-24(55-4)18-29(27)44-35)11-7-5-6-9-22-10-8-12-31(22)57-38(52)45-33/h13,16,18,22-23,25-26,30-33H,5-12,14-15,17,19-21H2,1-4H3,(H,45,52)(H,46,49)(H,47,51)/t22-,23?,25-,30+,31-,33-,40-/m1/s1. The van der Waals surface area contributed by atoms with Crippen LogP contribution in [0.2, 0.25) is 0 Å². The van der Waals surface area contributed by atoms with Crippen LogP contribution >= 0.6 is 0 Å². The van der Waals surface area contributed by atoms with E-state index in [0.29, 0.717) is 48.2 Å². The molecule has 3 saturated carbocycles. The summed E-state index contributed by atoms with van der Waals surface area (Å²) in [6, 6.07) is 2.85. The van der Waals surface area contributed by atoms with E-state index in [1.807, 2.05) is 10.8 Å². The Labute approximate surface area is 337 Å². The molecule has 318 valence electrons. The number of alkyl carbamates (subject to hydrolysis) is 1. The van der Waals surface area contributed by atoms with Gasteiger partial charge < -0.3 is 29.7 Å². The molecular weight excluding hydrogens is 779 g/mol. The molecule has 5 aliphatic rings. The van der Waals surface area contributed by atoms with Crippen LogP contribution in [0.15, 0.2) is 18.2 Å². The van der Waals surface area contributed by atoms with Gasteiger partial charge in [-0.15, -0.1) is 0 Å². The van der Waals surface area contributed by atoms with Crippen molar-refractivity contribution in [1.29, 1.82) is 0 Å². The van der Waals surface area contributed by atoms with Gasteiger partial charge in [-0.25, -0.2) is 32.0 Å². The number of ether oxygens (including phenoxy) is 3. The van der Waals surface area contributed by atoms with Gasteiger partial charge in [0.05, 0.1) is 29.9 Å². The van der Waals surface area contributed by atoms with Gasteiger partial charge in [0, 0.05) is 18.9 Å². The number of methoxy groups -OCH3 is 1. The molecule has 15 nitrogen and oxygen atoms in total. The molecule has 3 N–H and O–H groups in total. The summed E-state index contributed by atoms with van der Waals surface area (Å²) >= 11 is 0. The average molecular weight is 833 g/mol. The summed E-state index contributed by atoms with van der Waals surface area (Å²) in [5, 5.41) is 4.64. The molecule has 3 aliphatic carbocycles. The zero-order valence-corrected chi connectivity index (χ0v) is 34.2. The Kier molecular flexibility index (Phi) is 11.8. The van der Waals surface area contributed by atoms with Crippen molar-refractivity contribution in [2.24, 2.45) is 17.3 Å². The summed E-state index contributed by atoms with van der Waals surface area (Å²) in [5.41, 5.74) is -1.06. The van der Waals surface area contributed by atoms with Crippen molar-refractivity contribution in [1.82, 2.24) is 30.2 Å². The molecule has 7 atom stereocenters. The maximum Gasteiger partial charge on any atom is 0.408 e. The van der Waals surface area contributed by atoms with Crippen molar-refractivity contribution in [3.63, 3.8) is 0 Å². The second-order valence-electron chi connectivity index (χ2n) is 17.7. The summed E-state index contributed by atoms with van der Waals surface area (Å²) in [5.74, 6) is -2.64. The molecular formula is C40H54F2N6O9S. The Hall–Kier alpha value is -4.35. The van der Waals surface area contributed by atoms with E-state index in [9.17, 15) is 36.4 Å². The maximum atomic E-state index is 14.7. The Morgan fingerprint density at radius 1 is 1.03 bits per heavy atom. The molecule has 4 amide bonds. The van der Waals surface area contributed by atoms with Crippen molar-refractivity contribution in [2.45, 2.75) is 146 Å². The quantitative estimate of drug-likeness (QED) is 0.338. The van der Waals surface area contributed by atoms with Crippen LogP contribution in [0.4, 0.5) is 13.6 Å². The SMILES string of the molecule is COc1ccc2nc3c(nc2c1)O[C@@H]1C[C@@H](C(=O)N[C@]2(C(=O)NS(=O)(=O)C4CC4)CC2CC(F)F)N(C1)C(=O)[C@H](C(C)(C)C)NC(=O)O[C@@H]1CCC[C@H]1CCCCC3. The predicted molar refractivity (Wildman–Crippen MR) is 206 cm³/mol. The van der Waals surface area contributed by atoms with Gasteiger partial charge in [0.2, 0.25) is 34.1 Å². The lowest BCUT2D eigenvalue weighted by Crippen LogP contribution is -2.60. The number of fused-ring (bicyclic) bond motifs is 5. The first-order chi connectivity index (χ1) is 27.5. The fourth-order valence-electron chi connectivity index (χ4n) is 8.74. The van der Waals surface area contributed by atoms with E-state index >= 15 is 0 Å². The van der Waals surface area contributed by atoms with E-state index in [2.05, 4.69) is 10.6 Å². The van der Waals surface area contributed by atoms with E-state index in [4.69, 9.17) is 24.2 Å². The lowest BCUT2D eigenvalue weighted by Gasteiger charge is -2.35. The van der Waals surface area contributed by atoms with E-state index in [0.717, 1.165) is 38.5 Å². The highest BCUT2D eigenvalue weighted by Gasteiger charge is 2.63. The summed E-state index contributed by atoms with van der Waals surface area (Å²) in [6.07, 6.45) is 1.50. The lowest BCUT2D eigenvalue weighted by molar-refractivity contribution is -0.143. The van der Waals surface area contributed by atoms with Crippen LogP contribution in [0.25, 0.3) is 11.0 Å². The van der Waals surface area contributed by atoms with Gasteiger partial charge >= 0.3 is 6.09 Å². The minimum absolute atomic E-state index is 0.0997. The average Bonchev–Trinajstić information content (AvgIpc) is 4.04. The first-order valence-corrected chi connectivity index (χ1v) is 22.0. The fourth-order valence-corrected chi connectivity index (χ4v) is 10.1. The number of benzene rings is 1. The van der Waals surface area contributed by atoms with Crippen LogP contribution in [-0.4, -0.2) is 102 Å². The van der Waals surface area contributed by atoms with Gasteiger partial charge in [-0.1, -0.05) is 33.6 Å². The molecule has 58 heavy (non-hydrogen) atoms. The number of rotatable bonds is 8. The van der Waals surface area contributed by atoms with Crippen molar-refractivity contribution < 1.29 is 50.6 Å². The van der Waals surface area contributed by atoms with Crippen LogP contribution in [0, 0.1) is 17.3 Å². The molecule has 2 aliphatic heterocycles. The van der Waals surface area contributed by atoms with Crippen LogP contribution in [-0.2, 0) is 35.6 Å². The number of carbonyl (C=O) groups is 4. The highest BCUT2D eigenvalue weighted by molar-refractivity contribution is 7.91. The smallest absolute Gasteiger partial charge is 0.408 e. The number of nitrogens with one attached hydrogen (secondary N) is 3. The normalized spacial score (nSPS) is 29.6. The summed E-state index contributed by atoms with van der Waals surface area (Å²) < 4.78 is 72.9. The maximum absolute atomic E-state index is 14.7. The highest BCUT2D eigenvalue weighted by atomic mass is 32.2. The van der Waals surface area contributed by atoms with Crippen molar-refractivity contribution in [3.05, 3.63) is 23.9 Å². The lowest BCUT2D eigenvalue weighted by atomic mass is 9.85. The molecule has 1 aromatic heterocycles. The number of halogens is 2. The van der Waals surface area contributed by atoms with Crippen molar-refractivity contribution in [3.8, 4) is 11.6 Å². The molecule has 1 unspecified atom stereocenters. The summed E-state index contributed by atoms with van der Waals surface area (Å²) in [7, 11) is -2.54. The molecule has 1 aromatic carbocycles. The molecule has 18 heteroatoms. The van der Waals surface area contributed by atoms with Gasteiger partial charge in [-0.2, -0.15) is 0 Å². The number of nitrogens with zero attached hydrogens (tertiary/aromatic N) is 3. The molecule has 2 aromatic rings. The van der Waals surface area contributed by atoms with E-state index < -0.39 is 87.0 Å². The predicted octanol–water partition coefficient (Wildman–Crippen LogP) is 4.55. The third-order valence-electron chi connectivity index (χ3n) is 12.3. The van der Waals surface area contributed by atoms with Gasteiger partial charge in [0.1, 0.15) is 41.3 Å². The first-order valence-electron chi connectivity index (χ1n) is 20.4.